The van der Waals surface area contributed by atoms with Gasteiger partial charge >= 0.3 is 5.97 Å². The van der Waals surface area contributed by atoms with E-state index >= 15 is 0 Å². The van der Waals surface area contributed by atoms with Crippen molar-refractivity contribution in [3.63, 3.8) is 0 Å². The molecule has 0 amide bonds. The number of esters is 1. The Bertz CT molecular complexity index is 847. The molecule has 1 heterocycles. The number of carbonyl (C=O) groups excluding carboxylic acids is 1. The Morgan fingerprint density at radius 3 is 2.56 bits per heavy atom. The third-order valence-electron chi connectivity index (χ3n) is 8.74. The lowest BCUT2D eigenvalue weighted by molar-refractivity contribution is -0.159. The summed E-state index contributed by atoms with van der Waals surface area (Å²) in [6.07, 6.45) is 7.13. The highest BCUT2D eigenvalue weighted by molar-refractivity contribution is 5.66. The molecule has 2 fully saturated rings. The maximum Gasteiger partial charge on any atom is 0.303 e. The quantitative estimate of drug-likeness (QED) is 0.451. The van der Waals surface area contributed by atoms with Gasteiger partial charge in [0.1, 0.15) is 6.10 Å². The molecule has 1 aliphatic heterocycles. The first-order valence-corrected chi connectivity index (χ1v) is 13.2. The Hall–Kier alpha value is -1.69. The molecule has 1 aromatic rings. The standard InChI is InChI=1S/C29H43NO4/c1-20-16-27-26(11-10-22(3)29(27,32)17-28(20)34-23(4)31)21(2)18-30-14-12-25(13-15-30)33-19-24-8-6-5-7-9-24/h5-9,16,21-22,25-28,32H,10-15,17-19H2,1-4H3/t21?,22-,26+,27-,28-,29-/m1/s1. The number of hydrogen-bond acceptors (Lipinski definition) is 5. The summed E-state index contributed by atoms with van der Waals surface area (Å²) in [5.41, 5.74) is 1.53. The molecule has 1 saturated carbocycles. The summed E-state index contributed by atoms with van der Waals surface area (Å²) in [7, 11) is 0. The first kappa shape index (κ1) is 25.4. The molecule has 1 N–H and O–H groups in total. The van der Waals surface area contributed by atoms with Gasteiger partial charge in [0.2, 0.25) is 0 Å². The molecular formula is C29H43NO4. The minimum Gasteiger partial charge on any atom is -0.458 e. The van der Waals surface area contributed by atoms with Gasteiger partial charge in [-0.1, -0.05) is 50.3 Å². The molecule has 5 heteroatoms. The minimum atomic E-state index is -0.797. The molecule has 1 aromatic carbocycles. The molecule has 2 aliphatic carbocycles. The van der Waals surface area contributed by atoms with Crippen LogP contribution in [0.3, 0.4) is 0 Å². The summed E-state index contributed by atoms with van der Waals surface area (Å²) in [5.74, 6) is 1.01. The van der Waals surface area contributed by atoms with E-state index in [9.17, 15) is 9.90 Å². The first-order chi connectivity index (χ1) is 16.3. The normalized spacial score (nSPS) is 33.6. The van der Waals surface area contributed by atoms with Crippen LogP contribution in [0.25, 0.3) is 0 Å². The fourth-order valence-corrected chi connectivity index (χ4v) is 6.59. The zero-order valence-corrected chi connectivity index (χ0v) is 21.4. The zero-order chi connectivity index (χ0) is 24.3. The zero-order valence-electron chi connectivity index (χ0n) is 21.4. The second kappa shape index (κ2) is 10.9. The van der Waals surface area contributed by atoms with Crippen LogP contribution in [0, 0.1) is 23.7 Å². The van der Waals surface area contributed by atoms with Crippen LogP contribution in [0.4, 0.5) is 0 Å². The SMILES string of the molecule is CC(=O)O[C@@H]1C[C@@]2(O)[C@H](C)CC[C@@H](C(C)CN3CCC(OCc4ccccc4)CC3)[C@H]2C=C1C. The van der Waals surface area contributed by atoms with Crippen molar-refractivity contribution in [3.05, 3.63) is 47.5 Å². The van der Waals surface area contributed by atoms with Crippen LogP contribution < -0.4 is 0 Å². The van der Waals surface area contributed by atoms with Crippen LogP contribution in [0.2, 0.25) is 0 Å². The number of aliphatic hydroxyl groups is 1. The maximum absolute atomic E-state index is 11.8. The number of nitrogens with zero attached hydrogens (tertiary/aromatic N) is 1. The van der Waals surface area contributed by atoms with Crippen molar-refractivity contribution < 1.29 is 19.4 Å². The Morgan fingerprint density at radius 1 is 1.18 bits per heavy atom. The molecule has 0 aromatic heterocycles. The van der Waals surface area contributed by atoms with Crippen LogP contribution in [0.15, 0.2) is 42.0 Å². The maximum atomic E-state index is 11.8. The molecule has 1 unspecified atom stereocenters. The predicted octanol–water partition coefficient (Wildman–Crippen LogP) is 4.98. The van der Waals surface area contributed by atoms with E-state index < -0.39 is 5.60 Å². The minimum absolute atomic E-state index is 0.129. The van der Waals surface area contributed by atoms with Gasteiger partial charge in [-0.05, 0) is 61.5 Å². The fraction of sp³-hybridized carbons (Fsp3) is 0.690. The largest absolute Gasteiger partial charge is 0.458 e. The van der Waals surface area contributed by atoms with E-state index in [0.717, 1.165) is 50.9 Å². The molecule has 0 radical (unpaired) electrons. The number of benzene rings is 1. The van der Waals surface area contributed by atoms with E-state index in [0.29, 0.717) is 31.0 Å². The summed E-state index contributed by atoms with van der Waals surface area (Å²) in [6.45, 7) is 11.9. The topological polar surface area (TPSA) is 59.0 Å². The van der Waals surface area contributed by atoms with E-state index in [1.807, 2.05) is 6.07 Å². The molecule has 3 aliphatic rings. The van der Waals surface area contributed by atoms with Crippen molar-refractivity contribution in [1.29, 1.82) is 0 Å². The monoisotopic (exact) mass is 469 g/mol. The van der Waals surface area contributed by atoms with Crippen LogP contribution in [0.5, 0.6) is 0 Å². The summed E-state index contributed by atoms with van der Waals surface area (Å²) >= 11 is 0. The van der Waals surface area contributed by atoms with E-state index in [4.69, 9.17) is 9.47 Å². The average Bonchev–Trinajstić information content (AvgIpc) is 2.81. The van der Waals surface area contributed by atoms with Gasteiger partial charge in [-0.2, -0.15) is 0 Å². The lowest BCUT2D eigenvalue weighted by atomic mass is 9.57. The molecule has 188 valence electrons. The molecule has 0 spiro atoms. The second-order valence-corrected chi connectivity index (χ2v) is 11.1. The number of ether oxygens (including phenoxy) is 2. The van der Waals surface area contributed by atoms with Crippen LogP contribution in [0.1, 0.15) is 65.4 Å². The van der Waals surface area contributed by atoms with E-state index in [-0.39, 0.29) is 23.9 Å². The van der Waals surface area contributed by atoms with Gasteiger partial charge < -0.3 is 19.5 Å². The highest BCUT2D eigenvalue weighted by Crippen LogP contribution is 2.51. The second-order valence-electron chi connectivity index (χ2n) is 11.1. The van der Waals surface area contributed by atoms with Gasteiger partial charge in [0.05, 0.1) is 18.3 Å². The van der Waals surface area contributed by atoms with Crippen molar-refractivity contribution >= 4 is 5.97 Å². The number of carbonyl (C=O) groups is 1. The highest BCUT2D eigenvalue weighted by Gasteiger charge is 2.52. The van der Waals surface area contributed by atoms with Gasteiger partial charge in [0.25, 0.3) is 0 Å². The molecule has 5 nitrogen and oxygen atoms in total. The lowest BCUT2D eigenvalue weighted by Gasteiger charge is -2.53. The Kier molecular flexibility index (Phi) is 8.16. The van der Waals surface area contributed by atoms with Crippen molar-refractivity contribution in [2.45, 2.75) is 84.2 Å². The highest BCUT2D eigenvalue weighted by atomic mass is 16.5. The van der Waals surface area contributed by atoms with Gasteiger partial charge in [0, 0.05) is 38.9 Å². The third kappa shape index (κ3) is 5.75. The number of piperidine rings is 1. The van der Waals surface area contributed by atoms with E-state index in [2.05, 4.69) is 56.0 Å². The Labute approximate surface area is 205 Å². The van der Waals surface area contributed by atoms with E-state index in [1.54, 1.807) is 0 Å². The molecule has 34 heavy (non-hydrogen) atoms. The van der Waals surface area contributed by atoms with Crippen LogP contribution >= 0.6 is 0 Å². The number of fused-ring (bicyclic) bond motifs is 1. The molecule has 4 rings (SSSR count). The summed E-state index contributed by atoms with van der Waals surface area (Å²) < 4.78 is 11.7. The third-order valence-corrected chi connectivity index (χ3v) is 8.74. The summed E-state index contributed by atoms with van der Waals surface area (Å²) in [4.78, 5) is 14.2. The van der Waals surface area contributed by atoms with Gasteiger partial charge in [-0.15, -0.1) is 0 Å². The molecular weight excluding hydrogens is 426 g/mol. The summed E-state index contributed by atoms with van der Waals surface area (Å²) in [6, 6.07) is 10.4. The predicted molar refractivity (Wildman–Crippen MR) is 134 cm³/mol. The Morgan fingerprint density at radius 2 is 1.88 bits per heavy atom. The smallest absolute Gasteiger partial charge is 0.303 e. The van der Waals surface area contributed by atoms with Crippen molar-refractivity contribution in [1.82, 2.24) is 4.90 Å². The first-order valence-electron chi connectivity index (χ1n) is 13.2. The summed E-state index contributed by atoms with van der Waals surface area (Å²) in [5, 5.41) is 11.8. The van der Waals surface area contributed by atoms with Crippen molar-refractivity contribution in [2.75, 3.05) is 19.6 Å². The number of hydrogen-bond donors (Lipinski definition) is 1. The fourth-order valence-electron chi connectivity index (χ4n) is 6.59. The van der Waals surface area contributed by atoms with Crippen LogP contribution in [-0.4, -0.2) is 53.4 Å². The average molecular weight is 470 g/mol. The number of rotatable bonds is 7. The van der Waals surface area contributed by atoms with Crippen molar-refractivity contribution in [3.8, 4) is 0 Å². The Balaban J connectivity index is 1.33. The molecule has 1 saturated heterocycles. The van der Waals surface area contributed by atoms with E-state index in [1.165, 1.54) is 12.5 Å². The van der Waals surface area contributed by atoms with Gasteiger partial charge in [-0.25, -0.2) is 0 Å². The molecule has 6 atom stereocenters. The molecule has 0 bridgehead atoms. The lowest BCUT2D eigenvalue weighted by Crippen LogP contribution is -2.56. The van der Waals surface area contributed by atoms with Gasteiger partial charge in [-0.3, -0.25) is 4.79 Å². The van der Waals surface area contributed by atoms with Gasteiger partial charge in [0.15, 0.2) is 0 Å². The van der Waals surface area contributed by atoms with Crippen LogP contribution in [-0.2, 0) is 20.9 Å². The van der Waals surface area contributed by atoms with Crippen molar-refractivity contribution in [2.24, 2.45) is 23.7 Å². The number of likely N-dealkylation sites (tertiary alicyclic amines) is 1.